The molecule has 118 valence electrons. The van der Waals surface area contributed by atoms with Crippen LogP contribution in [-0.4, -0.2) is 30.6 Å². The molecule has 2 nitrogen and oxygen atoms in total. The Kier molecular flexibility index (Phi) is 6.12. The number of hydrogen-bond donors (Lipinski definition) is 1. The molecule has 0 bridgehead atoms. The molecule has 1 aliphatic carbocycles. The van der Waals surface area contributed by atoms with E-state index in [0.717, 1.165) is 44.6 Å². The van der Waals surface area contributed by atoms with E-state index >= 15 is 0 Å². The first-order valence-corrected chi connectivity index (χ1v) is 8.07. The Morgan fingerprint density at radius 3 is 2.33 bits per heavy atom. The molecule has 1 saturated carbocycles. The summed E-state index contributed by atoms with van der Waals surface area (Å²) >= 11 is 0. The number of nitrogens with one attached hydrogen (secondary N) is 1. The van der Waals surface area contributed by atoms with E-state index in [1.165, 1.54) is 25.0 Å². The lowest BCUT2D eigenvalue weighted by Crippen LogP contribution is -2.32. The summed E-state index contributed by atoms with van der Waals surface area (Å²) in [7, 11) is 0. The van der Waals surface area contributed by atoms with Crippen molar-refractivity contribution in [3.05, 3.63) is 35.4 Å². The van der Waals surface area contributed by atoms with Crippen LogP contribution >= 0.6 is 0 Å². The van der Waals surface area contributed by atoms with Crippen molar-refractivity contribution in [3.8, 4) is 0 Å². The second kappa shape index (κ2) is 7.85. The van der Waals surface area contributed by atoms with Gasteiger partial charge in [-0.05, 0) is 56.5 Å². The molecule has 1 unspecified atom stereocenters. The van der Waals surface area contributed by atoms with Gasteiger partial charge in [0.15, 0.2) is 0 Å². The third kappa shape index (κ3) is 5.04. The maximum atomic E-state index is 13.4. The molecule has 0 radical (unpaired) electrons. The maximum Gasteiger partial charge on any atom is 0.126 e. The molecule has 1 N–H and O–H groups in total. The number of halogens is 2. The Labute approximate surface area is 126 Å². The van der Waals surface area contributed by atoms with Crippen LogP contribution in [0.2, 0.25) is 0 Å². The van der Waals surface area contributed by atoms with Crippen molar-refractivity contribution in [2.45, 2.75) is 51.6 Å². The molecule has 0 saturated heterocycles. The van der Waals surface area contributed by atoms with Gasteiger partial charge in [0.1, 0.15) is 11.6 Å². The minimum absolute atomic E-state index is 0.0123. The summed E-state index contributed by atoms with van der Waals surface area (Å²) in [4.78, 5) is 2.51. The number of benzene rings is 1. The number of nitrogens with zero attached hydrogens (tertiary/aromatic N) is 1. The number of hydrogen-bond acceptors (Lipinski definition) is 2. The standard InChI is InChI=1S/C17H26F2N2/c1-3-8-21(16-5-6-16)9-7-17(20-4-2)13-10-14(18)12-15(19)11-13/h10-12,16-17,20H,3-9H2,1-2H3. The van der Waals surface area contributed by atoms with Gasteiger partial charge in [-0.1, -0.05) is 13.8 Å². The van der Waals surface area contributed by atoms with E-state index in [9.17, 15) is 8.78 Å². The van der Waals surface area contributed by atoms with Crippen LogP contribution in [0.5, 0.6) is 0 Å². The molecule has 0 heterocycles. The summed E-state index contributed by atoms with van der Waals surface area (Å²) in [5.41, 5.74) is 0.710. The van der Waals surface area contributed by atoms with Crippen molar-refractivity contribution in [3.63, 3.8) is 0 Å². The molecular formula is C17H26F2N2. The summed E-state index contributed by atoms with van der Waals surface area (Å²) in [5, 5.41) is 3.35. The minimum atomic E-state index is -0.500. The fraction of sp³-hybridized carbons (Fsp3) is 0.647. The van der Waals surface area contributed by atoms with E-state index in [2.05, 4.69) is 17.1 Å². The average molecular weight is 296 g/mol. The predicted octanol–water partition coefficient (Wildman–Crippen LogP) is 3.88. The Bertz CT molecular complexity index is 426. The van der Waals surface area contributed by atoms with E-state index in [-0.39, 0.29) is 6.04 Å². The van der Waals surface area contributed by atoms with Gasteiger partial charge >= 0.3 is 0 Å². The van der Waals surface area contributed by atoms with Crippen molar-refractivity contribution in [2.24, 2.45) is 0 Å². The molecule has 21 heavy (non-hydrogen) atoms. The first kappa shape index (κ1) is 16.4. The minimum Gasteiger partial charge on any atom is -0.310 e. The van der Waals surface area contributed by atoms with Crippen LogP contribution in [0.3, 0.4) is 0 Å². The first-order valence-electron chi connectivity index (χ1n) is 8.07. The number of rotatable bonds is 9. The topological polar surface area (TPSA) is 15.3 Å². The summed E-state index contributed by atoms with van der Waals surface area (Å²) in [6.07, 6.45) is 4.62. The lowest BCUT2D eigenvalue weighted by atomic mass is 10.0. The van der Waals surface area contributed by atoms with Crippen LogP contribution in [-0.2, 0) is 0 Å². The zero-order valence-corrected chi connectivity index (χ0v) is 13.0. The van der Waals surface area contributed by atoms with Gasteiger partial charge in [-0.3, -0.25) is 0 Å². The Morgan fingerprint density at radius 1 is 1.14 bits per heavy atom. The highest BCUT2D eigenvalue weighted by molar-refractivity contribution is 5.21. The smallest absolute Gasteiger partial charge is 0.126 e. The van der Waals surface area contributed by atoms with Gasteiger partial charge in [0.25, 0.3) is 0 Å². The van der Waals surface area contributed by atoms with Gasteiger partial charge in [0, 0.05) is 24.7 Å². The predicted molar refractivity (Wildman–Crippen MR) is 82.3 cm³/mol. The third-order valence-corrected chi connectivity index (χ3v) is 4.02. The molecule has 1 aliphatic rings. The molecule has 0 amide bonds. The quantitative estimate of drug-likeness (QED) is 0.744. The molecular weight excluding hydrogens is 270 g/mol. The zero-order valence-electron chi connectivity index (χ0n) is 13.0. The summed E-state index contributed by atoms with van der Waals surface area (Å²) < 4.78 is 26.8. The van der Waals surface area contributed by atoms with Crippen LogP contribution < -0.4 is 5.32 Å². The molecule has 0 aromatic heterocycles. The Morgan fingerprint density at radius 2 is 1.81 bits per heavy atom. The SMILES string of the molecule is CCCN(CCC(NCC)c1cc(F)cc(F)c1)C1CC1. The molecule has 1 aromatic carbocycles. The molecule has 1 aromatic rings. The highest BCUT2D eigenvalue weighted by Crippen LogP contribution is 2.28. The van der Waals surface area contributed by atoms with Gasteiger partial charge < -0.3 is 10.2 Å². The molecule has 0 spiro atoms. The lowest BCUT2D eigenvalue weighted by Gasteiger charge is -2.25. The fourth-order valence-corrected chi connectivity index (χ4v) is 2.91. The molecule has 1 atom stereocenters. The Hall–Kier alpha value is -1.00. The van der Waals surface area contributed by atoms with Crippen molar-refractivity contribution in [1.29, 1.82) is 0 Å². The first-order chi connectivity index (χ1) is 10.1. The van der Waals surface area contributed by atoms with Gasteiger partial charge in [0.2, 0.25) is 0 Å². The largest absolute Gasteiger partial charge is 0.310 e. The lowest BCUT2D eigenvalue weighted by molar-refractivity contribution is 0.247. The van der Waals surface area contributed by atoms with E-state index in [0.29, 0.717) is 5.56 Å². The van der Waals surface area contributed by atoms with Crippen LogP contribution in [0.1, 0.15) is 51.1 Å². The Balaban J connectivity index is 2.00. The summed E-state index contributed by atoms with van der Waals surface area (Å²) in [6.45, 7) is 7.10. The molecule has 1 fully saturated rings. The molecule has 0 aliphatic heterocycles. The van der Waals surface area contributed by atoms with Crippen molar-refractivity contribution >= 4 is 0 Å². The zero-order chi connectivity index (χ0) is 15.2. The molecule has 4 heteroatoms. The molecule has 2 rings (SSSR count). The van der Waals surface area contributed by atoms with Crippen LogP contribution in [0.15, 0.2) is 18.2 Å². The van der Waals surface area contributed by atoms with Crippen LogP contribution in [0.25, 0.3) is 0 Å². The summed E-state index contributed by atoms with van der Waals surface area (Å²) in [6, 6.07) is 4.56. The van der Waals surface area contributed by atoms with Crippen molar-refractivity contribution in [1.82, 2.24) is 10.2 Å². The average Bonchev–Trinajstić information content (AvgIpc) is 3.25. The highest BCUT2D eigenvalue weighted by Gasteiger charge is 2.28. The van der Waals surface area contributed by atoms with Crippen LogP contribution in [0, 0.1) is 11.6 Å². The van der Waals surface area contributed by atoms with Gasteiger partial charge in [-0.15, -0.1) is 0 Å². The maximum absolute atomic E-state index is 13.4. The fourth-order valence-electron chi connectivity index (χ4n) is 2.91. The van der Waals surface area contributed by atoms with Gasteiger partial charge in [-0.2, -0.15) is 0 Å². The third-order valence-electron chi connectivity index (χ3n) is 4.02. The van der Waals surface area contributed by atoms with Crippen molar-refractivity contribution < 1.29 is 8.78 Å². The second-order valence-corrected chi connectivity index (χ2v) is 5.87. The van der Waals surface area contributed by atoms with Crippen molar-refractivity contribution in [2.75, 3.05) is 19.6 Å². The van der Waals surface area contributed by atoms with E-state index in [4.69, 9.17) is 0 Å². The van der Waals surface area contributed by atoms with E-state index in [1.54, 1.807) is 0 Å². The summed E-state index contributed by atoms with van der Waals surface area (Å²) in [5.74, 6) is -0.999. The van der Waals surface area contributed by atoms with E-state index in [1.807, 2.05) is 6.92 Å². The van der Waals surface area contributed by atoms with Gasteiger partial charge in [0.05, 0.1) is 0 Å². The van der Waals surface area contributed by atoms with E-state index < -0.39 is 11.6 Å². The second-order valence-electron chi connectivity index (χ2n) is 5.87. The highest BCUT2D eigenvalue weighted by atomic mass is 19.1. The van der Waals surface area contributed by atoms with Gasteiger partial charge in [-0.25, -0.2) is 8.78 Å². The van der Waals surface area contributed by atoms with Crippen LogP contribution in [0.4, 0.5) is 8.78 Å². The normalized spacial score (nSPS) is 16.4. The monoisotopic (exact) mass is 296 g/mol.